The van der Waals surface area contributed by atoms with Crippen LogP contribution in [0.15, 0.2) is 39.5 Å². The van der Waals surface area contributed by atoms with Gasteiger partial charge in [-0.2, -0.15) is 0 Å². The number of amides is 1. The lowest BCUT2D eigenvalue weighted by Gasteiger charge is -2.19. The fourth-order valence-corrected chi connectivity index (χ4v) is 3.20. The van der Waals surface area contributed by atoms with Crippen molar-refractivity contribution in [3.8, 4) is 23.0 Å². The third kappa shape index (κ3) is 3.20. The Morgan fingerprint density at radius 3 is 2.64 bits per heavy atom. The third-order valence-electron chi connectivity index (χ3n) is 4.51. The van der Waals surface area contributed by atoms with E-state index in [2.05, 4.69) is 5.32 Å². The van der Waals surface area contributed by atoms with E-state index in [9.17, 15) is 19.8 Å². The molecule has 0 aliphatic carbocycles. The largest absolute Gasteiger partial charge is 0.508 e. The zero-order valence-electron chi connectivity index (χ0n) is 14.9. The monoisotopic (exact) mass is 383 g/mol. The van der Waals surface area contributed by atoms with Gasteiger partial charge in [0.1, 0.15) is 30.3 Å². The molecule has 0 fully saturated rings. The molecule has 8 nitrogen and oxygen atoms in total. The van der Waals surface area contributed by atoms with E-state index in [0.29, 0.717) is 36.0 Å². The standard InChI is InChI=1S/C20H17NO7/c1-10-13(20(25)28-17-8-12(22)7-14(23)19(10)17)9-18(24)21-11-2-3-15-16(6-11)27-5-4-26-15/h2-3,6-8,22-23H,4-5,9H2,1H3,(H,21,24). The Bertz CT molecular complexity index is 1150. The van der Waals surface area contributed by atoms with E-state index in [1.807, 2.05) is 0 Å². The van der Waals surface area contributed by atoms with Crippen LogP contribution in [0.1, 0.15) is 11.1 Å². The molecule has 4 rings (SSSR count). The second kappa shape index (κ2) is 6.80. The smallest absolute Gasteiger partial charge is 0.340 e. The number of hydrogen-bond donors (Lipinski definition) is 3. The lowest BCUT2D eigenvalue weighted by atomic mass is 10.0. The maximum atomic E-state index is 12.5. The van der Waals surface area contributed by atoms with Crippen molar-refractivity contribution in [1.82, 2.24) is 0 Å². The molecule has 2 aromatic carbocycles. The van der Waals surface area contributed by atoms with Gasteiger partial charge in [-0.1, -0.05) is 0 Å². The zero-order chi connectivity index (χ0) is 19.8. The highest BCUT2D eigenvalue weighted by Crippen LogP contribution is 2.34. The first-order chi connectivity index (χ1) is 13.4. The Morgan fingerprint density at radius 1 is 1.11 bits per heavy atom. The molecule has 1 amide bonds. The van der Waals surface area contributed by atoms with Crippen LogP contribution in [0.5, 0.6) is 23.0 Å². The summed E-state index contributed by atoms with van der Waals surface area (Å²) in [6.07, 6.45) is -0.237. The molecule has 28 heavy (non-hydrogen) atoms. The number of carbonyl (C=O) groups is 1. The summed E-state index contributed by atoms with van der Waals surface area (Å²) in [5.74, 6) is 0.260. The summed E-state index contributed by atoms with van der Waals surface area (Å²) in [5, 5.41) is 22.6. The highest BCUT2D eigenvalue weighted by Gasteiger charge is 2.19. The molecule has 0 radical (unpaired) electrons. The minimum absolute atomic E-state index is 0.0518. The lowest BCUT2D eigenvalue weighted by molar-refractivity contribution is -0.115. The van der Waals surface area contributed by atoms with Gasteiger partial charge in [0.2, 0.25) is 5.91 Å². The second-order valence-corrected chi connectivity index (χ2v) is 6.41. The predicted octanol–water partition coefficient (Wildman–Crippen LogP) is 2.47. The van der Waals surface area contributed by atoms with Crippen LogP contribution in [0, 0.1) is 6.92 Å². The van der Waals surface area contributed by atoms with Gasteiger partial charge in [0.25, 0.3) is 0 Å². The molecule has 1 aliphatic heterocycles. The van der Waals surface area contributed by atoms with Gasteiger partial charge in [-0.15, -0.1) is 0 Å². The predicted molar refractivity (Wildman–Crippen MR) is 100 cm³/mol. The first kappa shape index (κ1) is 17.7. The Hall–Kier alpha value is -3.68. The Morgan fingerprint density at radius 2 is 1.86 bits per heavy atom. The SMILES string of the molecule is Cc1c(CC(=O)Nc2ccc3c(c2)OCCO3)c(=O)oc2cc(O)cc(O)c12. The van der Waals surface area contributed by atoms with Crippen molar-refractivity contribution in [2.24, 2.45) is 0 Å². The van der Waals surface area contributed by atoms with E-state index < -0.39 is 11.5 Å². The lowest BCUT2D eigenvalue weighted by Crippen LogP contribution is -2.21. The van der Waals surface area contributed by atoms with E-state index in [1.165, 1.54) is 6.07 Å². The third-order valence-corrected chi connectivity index (χ3v) is 4.51. The summed E-state index contributed by atoms with van der Waals surface area (Å²) in [4.78, 5) is 24.8. The van der Waals surface area contributed by atoms with Gasteiger partial charge in [-0.3, -0.25) is 4.79 Å². The summed E-state index contributed by atoms with van der Waals surface area (Å²) in [6.45, 7) is 2.52. The first-order valence-electron chi connectivity index (χ1n) is 8.60. The fraction of sp³-hybridized carbons (Fsp3) is 0.200. The number of phenols is 2. The molecular weight excluding hydrogens is 366 g/mol. The average molecular weight is 383 g/mol. The number of phenolic OH excluding ortho intramolecular Hbond substituents is 2. The Kier molecular flexibility index (Phi) is 4.31. The van der Waals surface area contributed by atoms with Crippen LogP contribution >= 0.6 is 0 Å². The van der Waals surface area contributed by atoms with Crippen LogP contribution in [0.4, 0.5) is 5.69 Å². The van der Waals surface area contributed by atoms with Crippen LogP contribution in [0.25, 0.3) is 11.0 Å². The van der Waals surface area contributed by atoms with E-state index in [1.54, 1.807) is 25.1 Å². The molecule has 0 unspecified atom stereocenters. The number of ether oxygens (including phenoxy) is 2. The van der Waals surface area contributed by atoms with E-state index in [4.69, 9.17) is 13.9 Å². The number of benzene rings is 2. The van der Waals surface area contributed by atoms with Gasteiger partial charge in [0.05, 0.1) is 17.4 Å². The van der Waals surface area contributed by atoms with Crippen LogP contribution < -0.4 is 20.4 Å². The van der Waals surface area contributed by atoms with Crippen molar-refractivity contribution >= 4 is 22.6 Å². The molecule has 8 heteroatoms. The van der Waals surface area contributed by atoms with E-state index in [0.717, 1.165) is 6.07 Å². The summed E-state index contributed by atoms with van der Waals surface area (Å²) in [6, 6.07) is 7.41. The Labute approximate surface area is 158 Å². The van der Waals surface area contributed by atoms with Gasteiger partial charge in [0, 0.05) is 23.9 Å². The highest BCUT2D eigenvalue weighted by molar-refractivity contribution is 5.94. The molecule has 0 saturated heterocycles. The minimum atomic E-state index is -0.702. The van der Waals surface area contributed by atoms with Gasteiger partial charge < -0.3 is 29.4 Å². The van der Waals surface area contributed by atoms with E-state index in [-0.39, 0.29) is 34.5 Å². The van der Waals surface area contributed by atoms with Crippen molar-refractivity contribution in [3.05, 3.63) is 51.9 Å². The molecule has 144 valence electrons. The van der Waals surface area contributed by atoms with Crippen LogP contribution in [0.2, 0.25) is 0 Å². The molecule has 0 spiro atoms. The van der Waals surface area contributed by atoms with Gasteiger partial charge in [0.15, 0.2) is 11.5 Å². The number of hydrogen-bond acceptors (Lipinski definition) is 7. The minimum Gasteiger partial charge on any atom is -0.508 e. The Balaban J connectivity index is 1.61. The van der Waals surface area contributed by atoms with Crippen LogP contribution in [-0.2, 0) is 11.2 Å². The van der Waals surface area contributed by atoms with Crippen LogP contribution in [-0.4, -0.2) is 29.3 Å². The molecular formula is C20H17NO7. The second-order valence-electron chi connectivity index (χ2n) is 6.41. The quantitative estimate of drug-likeness (QED) is 0.595. The molecule has 1 aliphatic rings. The zero-order valence-corrected chi connectivity index (χ0v) is 14.9. The molecule has 3 N–H and O–H groups in total. The summed E-state index contributed by atoms with van der Waals surface area (Å²) in [5.41, 5.74) is 0.401. The maximum absolute atomic E-state index is 12.5. The number of carbonyl (C=O) groups excluding carboxylic acids is 1. The topological polar surface area (TPSA) is 118 Å². The van der Waals surface area contributed by atoms with Crippen molar-refractivity contribution in [3.63, 3.8) is 0 Å². The summed E-state index contributed by atoms with van der Waals surface area (Å²) in [7, 11) is 0. The van der Waals surface area contributed by atoms with E-state index >= 15 is 0 Å². The number of fused-ring (bicyclic) bond motifs is 2. The summed E-state index contributed by atoms with van der Waals surface area (Å²) < 4.78 is 16.1. The molecule has 1 aromatic heterocycles. The maximum Gasteiger partial charge on any atom is 0.340 e. The highest BCUT2D eigenvalue weighted by atomic mass is 16.6. The summed E-state index contributed by atoms with van der Waals surface area (Å²) >= 11 is 0. The van der Waals surface area contributed by atoms with Crippen molar-refractivity contribution in [1.29, 1.82) is 0 Å². The number of aromatic hydroxyl groups is 2. The van der Waals surface area contributed by atoms with Crippen LogP contribution in [0.3, 0.4) is 0 Å². The molecule has 0 bridgehead atoms. The molecule has 0 atom stereocenters. The number of anilines is 1. The van der Waals surface area contributed by atoms with Gasteiger partial charge in [-0.05, 0) is 24.6 Å². The average Bonchev–Trinajstić information content (AvgIpc) is 2.64. The molecule has 0 saturated carbocycles. The van der Waals surface area contributed by atoms with Crippen molar-refractivity contribution in [2.75, 3.05) is 18.5 Å². The van der Waals surface area contributed by atoms with Crippen molar-refractivity contribution in [2.45, 2.75) is 13.3 Å². The number of rotatable bonds is 3. The first-order valence-corrected chi connectivity index (χ1v) is 8.60. The fourth-order valence-electron chi connectivity index (χ4n) is 3.20. The van der Waals surface area contributed by atoms with Gasteiger partial charge in [-0.25, -0.2) is 4.79 Å². The molecule has 2 heterocycles. The molecule has 3 aromatic rings. The van der Waals surface area contributed by atoms with Gasteiger partial charge >= 0.3 is 5.63 Å². The number of nitrogens with one attached hydrogen (secondary N) is 1. The van der Waals surface area contributed by atoms with Crippen molar-refractivity contribution < 1.29 is 28.9 Å². The normalized spacial score (nSPS) is 12.8. The number of aryl methyl sites for hydroxylation is 1.